The number of primary amides is 1. The maximum Gasteiger partial charge on any atom is 0.248 e. The molecule has 0 bridgehead atoms. The topological polar surface area (TPSA) is 69.4 Å². The molecular formula is C16H14ClNO3. The Balaban J connectivity index is 2.11. The Morgan fingerprint density at radius 1 is 1.14 bits per heavy atom. The fourth-order valence-electron chi connectivity index (χ4n) is 1.81. The monoisotopic (exact) mass is 303 g/mol. The minimum absolute atomic E-state index is 0.0578. The average Bonchev–Trinajstić information content (AvgIpc) is 2.46. The predicted octanol–water partition coefficient (Wildman–Crippen LogP) is 3.22. The first-order valence-corrected chi connectivity index (χ1v) is 6.67. The lowest BCUT2D eigenvalue weighted by molar-refractivity contribution is 0.0996. The van der Waals surface area contributed by atoms with E-state index < -0.39 is 5.91 Å². The summed E-state index contributed by atoms with van der Waals surface area (Å²) in [6.45, 7) is 1.72. The summed E-state index contributed by atoms with van der Waals surface area (Å²) in [5.74, 6) is -0.0653. The van der Waals surface area contributed by atoms with Crippen molar-refractivity contribution in [2.75, 3.05) is 0 Å². The Labute approximate surface area is 127 Å². The molecule has 0 atom stereocenters. The van der Waals surface area contributed by atoms with E-state index in [0.29, 0.717) is 21.9 Å². The Morgan fingerprint density at radius 3 is 2.52 bits per heavy atom. The highest BCUT2D eigenvalue weighted by molar-refractivity contribution is 6.32. The number of amides is 1. The van der Waals surface area contributed by atoms with E-state index in [4.69, 9.17) is 22.1 Å². The van der Waals surface area contributed by atoms with Gasteiger partial charge in [-0.05, 0) is 42.8 Å². The smallest absolute Gasteiger partial charge is 0.248 e. The number of rotatable bonds is 5. The summed E-state index contributed by atoms with van der Waals surface area (Å²) >= 11 is 6.07. The number of ether oxygens (including phenoxy) is 1. The van der Waals surface area contributed by atoms with E-state index in [1.54, 1.807) is 36.4 Å². The van der Waals surface area contributed by atoms with Crippen molar-refractivity contribution >= 4 is 23.3 Å². The van der Waals surface area contributed by atoms with Crippen LogP contribution < -0.4 is 10.5 Å². The van der Waals surface area contributed by atoms with Crippen LogP contribution in [0.5, 0.6) is 5.75 Å². The molecule has 2 rings (SSSR count). The van der Waals surface area contributed by atoms with Crippen LogP contribution in [0.3, 0.4) is 0 Å². The van der Waals surface area contributed by atoms with Gasteiger partial charge in [0.2, 0.25) is 5.91 Å². The molecule has 4 nitrogen and oxygen atoms in total. The fourth-order valence-corrected chi connectivity index (χ4v) is 2.05. The molecule has 0 radical (unpaired) electrons. The number of halogens is 1. The number of Topliss-reactive ketones (excluding diaryl/α,β-unsaturated/α-hetero) is 1. The van der Waals surface area contributed by atoms with Gasteiger partial charge in [-0.1, -0.05) is 23.7 Å². The molecule has 0 aliphatic rings. The summed E-state index contributed by atoms with van der Waals surface area (Å²) in [7, 11) is 0. The Hall–Kier alpha value is -2.33. The molecule has 0 aliphatic heterocycles. The van der Waals surface area contributed by atoms with Gasteiger partial charge >= 0.3 is 0 Å². The summed E-state index contributed by atoms with van der Waals surface area (Å²) in [5.41, 5.74) is 6.99. The second kappa shape index (κ2) is 6.41. The standard InChI is InChI=1S/C16H14ClNO3/c1-10(19)12-5-6-15(14(17)8-12)21-9-11-3-2-4-13(7-11)16(18)20/h2-8H,9H2,1H3,(H2,18,20). The molecule has 0 unspecified atom stereocenters. The molecule has 0 spiro atoms. The quantitative estimate of drug-likeness (QED) is 0.862. The van der Waals surface area contributed by atoms with Crippen molar-refractivity contribution in [3.05, 3.63) is 64.2 Å². The second-order valence-corrected chi connectivity index (χ2v) is 4.96. The molecule has 108 valence electrons. The summed E-state index contributed by atoms with van der Waals surface area (Å²) in [4.78, 5) is 22.4. The van der Waals surface area contributed by atoms with Crippen molar-refractivity contribution in [2.24, 2.45) is 5.73 Å². The van der Waals surface area contributed by atoms with E-state index in [2.05, 4.69) is 0 Å². The van der Waals surface area contributed by atoms with Crippen LogP contribution in [0.2, 0.25) is 5.02 Å². The first-order valence-electron chi connectivity index (χ1n) is 6.29. The lowest BCUT2D eigenvalue weighted by Crippen LogP contribution is -2.11. The Bertz CT molecular complexity index is 698. The van der Waals surface area contributed by atoms with Gasteiger partial charge in [-0.25, -0.2) is 0 Å². The zero-order chi connectivity index (χ0) is 15.4. The van der Waals surface area contributed by atoms with Gasteiger partial charge in [0.15, 0.2) is 5.78 Å². The van der Waals surface area contributed by atoms with Crippen molar-refractivity contribution in [3.63, 3.8) is 0 Å². The van der Waals surface area contributed by atoms with Gasteiger partial charge in [-0.3, -0.25) is 9.59 Å². The largest absolute Gasteiger partial charge is 0.487 e. The molecule has 0 aliphatic carbocycles. The number of benzene rings is 2. The van der Waals surface area contributed by atoms with Crippen LogP contribution in [0.25, 0.3) is 0 Å². The molecule has 0 aromatic heterocycles. The van der Waals surface area contributed by atoms with Gasteiger partial charge in [-0.15, -0.1) is 0 Å². The third-order valence-electron chi connectivity index (χ3n) is 2.94. The minimum Gasteiger partial charge on any atom is -0.487 e. The molecule has 0 saturated carbocycles. The molecule has 5 heteroatoms. The number of nitrogens with two attached hydrogens (primary N) is 1. The maximum absolute atomic E-state index is 11.2. The molecule has 21 heavy (non-hydrogen) atoms. The van der Waals surface area contributed by atoms with Gasteiger partial charge in [0.05, 0.1) is 5.02 Å². The number of ketones is 1. The maximum atomic E-state index is 11.2. The van der Waals surface area contributed by atoms with E-state index in [0.717, 1.165) is 5.56 Å². The van der Waals surface area contributed by atoms with Crippen LogP contribution in [0, 0.1) is 0 Å². The first kappa shape index (κ1) is 15.1. The van der Waals surface area contributed by atoms with Crippen LogP contribution in [0.4, 0.5) is 0 Å². The van der Waals surface area contributed by atoms with Crippen LogP contribution in [-0.4, -0.2) is 11.7 Å². The van der Waals surface area contributed by atoms with E-state index in [-0.39, 0.29) is 12.4 Å². The third-order valence-corrected chi connectivity index (χ3v) is 3.24. The molecule has 0 saturated heterocycles. The fraction of sp³-hybridized carbons (Fsp3) is 0.125. The van der Waals surface area contributed by atoms with E-state index in [1.165, 1.54) is 6.92 Å². The summed E-state index contributed by atoms with van der Waals surface area (Å²) in [5, 5.41) is 0.369. The van der Waals surface area contributed by atoms with Gasteiger partial charge in [0, 0.05) is 11.1 Å². The Kier molecular flexibility index (Phi) is 4.60. The summed E-state index contributed by atoms with van der Waals surface area (Å²) < 4.78 is 5.60. The zero-order valence-electron chi connectivity index (χ0n) is 11.4. The highest BCUT2D eigenvalue weighted by atomic mass is 35.5. The van der Waals surface area contributed by atoms with Crippen molar-refractivity contribution in [1.82, 2.24) is 0 Å². The van der Waals surface area contributed by atoms with Gasteiger partial charge in [0.1, 0.15) is 12.4 Å². The molecular weight excluding hydrogens is 290 g/mol. The van der Waals surface area contributed by atoms with Crippen LogP contribution in [0.1, 0.15) is 33.2 Å². The molecule has 2 aromatic rings. The summed E-state index contributed by atoms with van der Waals surface area (Å²) in [6, 6.07) is 11.7. The van der Waals surface area contributed by atoms with Crippen molar-refractivity contribution in [3.8, 4) is 5.75 Å². The van der Waals surface area contributed by atoms with E-state index >= 15 is 0 Å². The van der Waals surface area contributed by atoms with Crippen LogP contribution in [-0.2, 0) is 6.61 Å². The van der Waals surface area contributed by atoms with E-state index in [1.807, 2.05) is 6.07 Å². The molecule has 2 aromatic carbocycles. The molecule has 1 amide bonds. The minimum atomic E-state index is -0.485. The van der Waals surface area contributed by atoms with Gasteiger partial charge in [-0.2, -0.15) is 0 Å². The summed E-state index contributed by atoms with van der Waals surface area (Å²) in [6.07, 6.45) is 0. The lowest BCUT2D eigenvalue weighted by Gasteiger charge is -2.09. The SMILES string of the molecule is CC(=O)c1ccc(OCc2cccc(C(N)=O)c2)c(Cl)c1. The van der Waals surface area contributed by atoms with Crippen molar-refractivity contribution in [2.45, 2.75) is 13.5 Å². The second-order valence-electron chi connectivity index (χ2n) is 4.55. The first-order chi connectivity index (χ1) is 9.97. The van der Waals surface area contributed by atoms with Gasteiger partial charge < -0.3 is 10.5 Å². The van der Waals surface area contributed by atoms with Crippen molar-refractivity contribution in [1.29, 1.82) is 0 Å². The number of carbonyl (C=O) groups is 2. The average molecular weight is 304 g/mol. The molecule has 2 N–H and O–H groups in total. The number of hydrogen-bond donors (Lipinski definition) is 1. The third kappa shape index (κ3) is 3.83. The highest BCUT2D eigenvalue weighted by Gasteiger charge is 2.07. The number of carbonyl (C=O) groups excluding carboxylic acids is 2. The van der Waals surface area contributed by atoms with Gasteiger partial charge in [0.25, 0.3) is 0 Å². The highest BCUT2D eigenvalue weighted by Crippen LogP contribution is 2.26. The lowest BCUT2D eigenvalue weighted by atomic mass is 10.1. The van der Waals surface area contributed by atoms with Crippen molar-refractivity contribution < 1.29 is 14.3 Å². The van der Waals surface area contributed by atoms with Crippen LogP contribution >= 0.6 is 11.6 Å². The Morgan fingerprint density at radius 2 is 1.90 bits per heavy atom. The van der Waals surface area contributed by atoms with E-state index in [9.17, 15) is 9.59 Å². The molecule has 0 fully saturated rings. The van der Waals surface area contributed by atoms with Crippen LogP contribution in [0.15, 0.2) is 42.5 Å². The molecule has 0 heterocycles. The predicted molar refractivity (Wildman–Crippen MR) is 80.7 cm³/mol. The number of hydrogen-bond acceptors (Lipinski definition) is 3. The zero-order valence-corrected chi connectivity index (χ0v) is 12.2. The normalized spacial score (nSPS) is 10.2.